The summed E-state index contributed by atoms with van der Waals surface area (Å²) in [7, 11) is -7.86. The monoisotopic (exact) mass is 623 g/mol. The van der Waals surface area contributed by atoms with Crippen molar-refractivity contribution in [3.05, 3.63) is 29.5 Å². The number of fused-ring (bicyclic) bond motifs is 6. The third-order valence-electron chi connectivity index (χ3n) is 8.61. The zero-order valence-corrected chi connectivity index (χ0v) is 25.3. The minimum absolute atomic E-state index is 0.0255. The molecule has 0 aromatic heterocycles. The van der Waals surface area contributed by atoms with Gasteiger partial charge in [-0.2, -0.15) is 8.42 Å². The van der Waals surface area contributed by atoms with Crippen LogP contribution in [0, 0.1) is 17.8 Å². The van der Waals surface area contributed by atoms with Crippen molar-refractivity contribution in [2.75, 3.05) is 16.3 Å². The summed E-state index contributed by atoms with van der Waals surface area (Å²) in [6.07, 6.45) is 6.96. The molecule has 6 rings (SSSR count). The van der Waals surface area contributed by atoms with Crippen LogP contribution in [0.1, 0.15) is 58.8 Å². The predicted octanol–water partition coefficient (Wildman–Crippen LogP) is 3.24. The number of anilines is 2. The molecule has 230 valence electrons. The Hall–Kier alpha value is -3.33. The van der Waals surface area contributed by atoms with Gasteiger partial charge in [-0.3, -0.25) is 9.52 Å². The number of hydrogen-bond acceptors (Lipinski definition) is 8. The molecular weight excluding hydrogens is 586 g/mol. The van der Waals surface area contributed by atoms with Crippen LogP contribution in [-0.4, -0.2) is 74.2 Å². The summed E-state index contributed by atoms with van der Waals surface area (Å²) in [5.41, 5.74) is 0.200. The fourth-order valence-electron chi connectivity index (χ4n) is 7.19. The molecule has 5 N–H and O–H groups in total. The molecule has 0 saturated heterocycles. The molecule has 15 heteroatoms. The van der Waals surface area contributed by atoms with E-state index < -0.39 is 26.1 Å². The Morgan fingerprint density at radius 2 is 1.81 bits per heavy atom. The van der Waals surface area contributed by atoms with Crippen molar-refractivity contribution in [1.82, 2.24) is 10.2 Å². The van der Waals surface area contributed by atoms with Gasteiger partial charge in [0.1, 0.15) is 16.2 Å². The van der Waals surface area contributed by atoms with Crippen LogP contribution in [0.25, 0.3) is 0 Å². The Kier molecular flexibility index (Phi) is 7.94. The fourth-order valence-corrected chi connectivity index (χ4v) is 8.90. The number of sulfonamides is 2. The minimum atomic E-state index is -4.26. The van der Waals surface area contributed by atoms with Crippen molar-refractivity contribution in [2.24, 2.45) is 22.2 Å². The van der Waals surface area contributed by atoms with Crippen molar-refractivity contribution in [3.63, 3.8) is 0 Å². The van der Waals surface area contributed by atoms with E-state index in [1.807, 2.05) is 4.90 Å². The Bertz CT molecular complexity index is 1560. The van der Waals surface area contributed by atoms with Gasteiger partial charge in [-0.25, -0.2) is 13.2 Å². The van der Waals surface area contributed by atoms with Crippen molar-refractivity contribution in [1.29, 1.82) is 0 Å². The second-order valence-corrected chi connectivity index (χ2v) is 15.3. The van der Waals surface area contributed by atoms with Gasteiger partial charge < -0.3 is 25.7 Å². The van der Waals surface area contributed by atoms with E-state index in [2.05, 4.69) is 19.8 Å². The van der Waals surface area contributed by atoms with E-state index in [0.717, 1.165) is 51.2 Å². The molecule has 2 amide bonds. The van der Waals surface area contributed by atoms with Gasteiger partial charge in [-0.05, 0) is 76.0 Å². The lowest BCUT2D eigenvalue weighted by Gasteiger charge is -2.46. The van der Waals surface area contributed by atoms with E-state index in [9.17, 15) is 31.5 Å². The van der Waals surface area contributed by atoms with Gasteiger partial charge in [0, 0.05) is 29.7 Å². The van der Waals surface area contributed by atoms with Gasteiger partial charge in [0.2, 0.25) is 10.0 Å². The van der Waals surface area contributed by atoms with Gasteiger partial charge in [0.15, 0.2) is 5.84 Å². The van der Waals surface area contributed by atoms with Crippen LogP contribution in [0.15, 0.2) is 38.8 Å². The molecule has 3 fully saturated rings. The highest BCUT2D eigenvalue weighted by atomic mass is 32.2. The van der Waals surface area contributed by atoms with Crippen LogP contribution in [0.3, 0.4) is 0 Å². The smallest absolute Gasteiger partial charge is 0.404 e. The lowest BCUT2D eigenvalue weighted by atomic mass is 9.77. The Labute approximate surface area is 245 Å². The molecule has 3 saturated carbocycles. The summed E-state index contributed by atoms with van der Waals surface area (Å²) < 4.78 is 55.5. The zero-order chi connectivity index (χ0) is 30.6. The first kappa shape index (κ1) is 30.1. The van der Waals surface area contributed by atoms with Crippen molar-refractivity contribution in [2.45, 2.75) is 81.8 Å². The van der Waals surface area contributed by atoms with Gasteiger partial charge in [0.05, 0.1) is 11.9 Å². The number of hydrogen-bond donors (Lipinski definition) is 5. The standard InChI is InChI=1S/C23H28N4O6S2.C4H9NO2/c1-34(30,31)25-14-8-9-16-17(11-14)35(32,33)26-22(24-16)19-21(28)18-12-6-7-13(10-12)20(18)27(23(19)29)15-4-2-3-5-15;1-3(2)5-4(6)7/h8-9,11-13,15,18,20,25,28H,2-7,10H2,1H3,(H,24,26);3,5H,1-2H3,(H,6,7)/t12-,13+,18+,20-;/m0./s1. The molecule has 4 atom stereocenters. The van der Waals surface area contributed by atoms with Crippen molar-refractivity contribution < 1.29 is 36.6 Å². The van der Waals surface area contributed by atoms with Gasteiger partial charge in [-0.1, -0.05) is 12.8 Å². The maximum atomic E-state index is 13.9. The summed E-state index contributed by atoms with van der Waals surface area (Å²) in [6, 6.07) is 4.12. The van der Waals surface area contributed by atoms with Gasteiger partial charge >= 0.3 is 6.09 Å². The average molecular weight is 624 g/mol. The van der Waals surface area contributed by atoms with Crippen molar-refractivity contribution >= 4 is 49.3 Å². The number of rotatable bonds is 5. The van der Waals surface area contributed by atoms with E-state index in [-0.39, 0.29) is 69.3 Å². The zero-order valence-electron chi connectivity index (χ0n) is 23.7. The number of benzene rings is 1. The number of amidine groups is 1. The van der Waals surface area contributed by atoms with E-state index >= 15 is 0 Å². The topological polar surface area (TPSA) is 195 Å². The third-order valence-corrected chi connectivity index (χ3v) is 10.5. The minimum Gasteiger partial charge on any atom is -0.511 e. The molecule has 1 aromatic rings. The molecular formula is C27H37N5O8S2. The lowest BCUT2D eigenvalue weighted by Crippen LogP contribution is -2.57. The summed E-state index contributed by atoms with van der Waals surface area (Å²) in [4.78, 5) is 25.3. The number of carboxylic acid groups (broad SMARTS) is 1. The first-order valence-electron chi connectivity index (χ1n) is 14.2. The highest BCUT2D eigenvalue weighted by Gasteiger charge is 2.58. The molecule has 42 heavy (non-hydrogen) atoms. The second kappa shape index (κ2) is 11.1. The number of aliphatic hydroxyl groups excluding tert-OH is 1. The SMILES string of the molecule is CC(C)NC(=O)O.CS(=O)(=O)Nc1ccc2c(c1)S(=O)(=O)N=C(C1=C(O)[C@@H]3[C@H]4CC[C@H](C4)[C@@H]3N(C3CCCC3)C1=O)N2. The van der Waals surface area contributed by atoms with E-state index in [1.54, 1.807) is 13.8 Å². The third kappa shape index (κ3) is 5.80. The molecule has 2 aliphatic heterocycles. The van der Waals surface area contributed by atoms with Crippen molar-refractivity contribution in [3.8, 4) is 0 Å². The first-order chi connectivity index (χ1) is 19.7. The van der Waals surface area contributed by atoms with Crippen LogP contribution in [0.5, 0.6) is 0 Å². The Morgan fingerprint density at radius 1 is 1.14 bits per heavy atom. The number of nitrogens with zero attached hydrogens (tertiary/aromatic N) is 2. The largest absolute Gasteiger partial charge is 0.511 e. The number of carbonyl (C=O) groups excluding carboxylic acids is 1. The molecule has 2 bridgehead atoms. The predicted molar refractivity (Wildman–Crippen MR) is 156 cm³/mol. The van der Waals surface area contributed by atoms with Crippen LogP contribution >= 0.6 is 0 Å². The quantitative estimate of drug-likeness (QED) is 0.327. The number of carbonyl (C=O) groups is 2. The molecule has 2 heterocycles. The van der Waals surface area contributed by atoms with E-state index in [1.165, 1.54) is 18.2 Å². The Morgan fingerprint density at radius 3 is 2.40 bits per heavy atom. The number of nitrogens with one attached hydrogen (secondary N) is 3. The highest BCUT2D eigenvalue weighted by molar-refractivity contribution is 7.92. The summed E-state index contributed by atoms with van der Waals surface area (Å²) in [6.45, 7) is 3.54. The first-order valence-corrected chi connectivity index (χ1v) is 17.5. The molecule has 0 unspecified atom stereocenters. The maximum absolute atomic E-state index is 13.9. The summed E-state index contributed by atoms with van der Waals surface area (Å²) in [5.74, 6) is -0.144. The lowest BCUT2D eigenvalue weighted by molar-refractivity contribution is -0.136. The average Bonchev–Trinajstić information content (AvgIpc) is 3.61. The van der Waals surface area contributed by atoms with Crippen LogP contribution in [-0.2, 0) is 24.8 Å². The molecule has 0 radical (unpaired) electrons. The van der Waals surface area contributed by atoms with Crippen LogP contribution in [0.2, 0.25) is 0 Å². The van der Waals surface area contributed by atoms with Crippen LogP contribution in [0.4, 0.5) is 16.2 Å². The van der Waals surface area contributed by atoms with E-state index in [0.29, 0.717) is 5.92 Å². The highest BCUT2D eigenvalue weighted by Crippen LogP contribution is 2.56. The maximum Gasteiger partial charge on any atom is 0.404 e. The Balaban J connectivity index is 0.000000451. The fraction of sp³-hybridized carbons (Fsp3) is 0.593. The second-order valence-electron chi connectivity index (χ2n) is 12.0. The number of amides is 2. The van der Waals surface area contributed by atoms with Gasteiger partial charge in [-0.15, -0.1) is 4.40 Å². The molecule has 13 nitrogen and oxygen atoms in total. The normalized spacial score (nSPS) is 28.0. The summed E-state index contributed by atoms with van der Waals surface area (Å²) in [5, 5.41) is 24.5. The van der Waals surface area contributed by atoms with Crippen LogP contribution < -0.4 is 15.4 Å². The molecule has 3 aliphatic carbocycles. The van der Waals surface area contributed by atoms with E-state index in [4.69, 9.17) is 5.11 Å². The number of aliphatic hydroxyl groups is 1. The molecule has 0 spiro atoms. The molecule has 1 aromatic carbocycles. The van der Waals surface area contributed by atoms with Gasteiger partial charge in [0.25, 0.3) is 15.9 Å². The molecule has 5 aliphatic rings. The summed E-state index contributed by atoms with van der Waals surface area (Å²) >= 11 is 0.